The summed E-state index contributed by atoms with van der Waals surface area (Å²) in [5.74, 6) is 0.800. The smallest absolute Gasteiger partial charge is 0.214 e. The minimum Gasteiger partial charge on any atom is -0.441 e. The third kappa shape index (κ3) is 1.03. The van der Waals surface area contributed by atoms with Gasteiger partial charge in [0.25, 0.3) is 0 Å². The number of halogens is 1. The quantitative estimate of drug-likeness (QED) is 0.729. The number of hydrogen-bond donors (Lipinski definition) is 1. The summed E-state index contributed by atoms with van der Waals surface area (Å²) in [6.07, 6.45) is 1.78. The molecule has 0 bridgehead atoms. The maximum Gasteiger partial charge on any atom is 0.214 e. The number of alkyl halides is 1. The summed E-state index contributed by atoms with van der Waals surface area (Å²) < 4.78 is 17.4. The predicted octanol–water partition coefficient (Wildman–Crippen LogP) is 1.40. The first kappa shape index (κ1) is 7.73. The molecule has 0 aromatic carbocycles. The van der Waals surface area contributed by atoms with Crippen LogP contribution in [0.25, 0.3) is 0 Å². The topological polar surface area (TPSA) is 52.0 Å². The Morgan fingerprint density at radius 3 is 2.75 bits per heavy atom. The van der Waals surface area contributed by atoms with Crippen LogP contribution in [0.15, 0.2) is 4.42 Å². The van der Waals surface area contributed by atoms with Gasteiger partial charge in [0.1, 0.15) is 6.67 Å². The Bertz CT molecular complexity index is 304. The summed E-state index contributed by atoms with van der Waals surface area (Å²) in [6, 6.07) is 0. The molecule has 1 heterocycles. The molecule has 1 aliphatic carbocycles. The first-order valence-corrected chi connectivity index (χ1v) is 3.97. The van der Waals surface area contributed by atoms with E-state index in [-0.39, 0.29) is 0 Å². The molecule has 1 fully saturated rings. The van der Waals surface area contributed by atoms with Gasteiger partial charge in [-0.15, -0.1) is 0 Å². The van der Waals surface area contributed by atoms with Crippen molar-refractivity contribution in [3.8, 4) is 0 Å². The molecule has 0 saturated heterocycles. The highest BCUT2D eigenvalue weighted by Gasteiger charge is 2.45. The lowest BCUT2D eigenvalue weighted by Gasteiger charge is -1.99. The van der Waals surface area contributed by atoms with Crippen molar-refractivity contribution in [3.05, 3.63) is 17.3 Å². The van der Waals surface area contributed by atoms with Gasteiger partial charge in [0.05, 0.1) is 11.2 Å². The van der Waals surface area contributed by atoms with Gasteiger partial charge in [-0.05, 0) is 19.8 Å². The molecule has 0 aliphatic heterocycles. The fraction of sp³-hybridized carbons (Fsp3) is 0.625. The molecule has 1 saturated carbocycles. The van der Waals surface area contributed by atoms with E-state index in [0.717, 1.165) is 12.8 Å². The van der Waals surface area contributed by atoms with E-state index < -0.39 is 12.2 Å². The minimum atomic E-state index is -0.602. The first-order chi connectivity index (χ1) is 5.65. The van der Waals surface area contributed by atoms with Crippen LogP contribution >= 0.6 is 0 Å². The fourth-order valence-corrected chi connectivity index (χ4v) is 1.11. The van der Waals surface area contributed by atoms with E-state index in [4.69, 9.17) is 10.2 Å². The molecule has 0 atom stereocenters. The van der Waals surface area contributed by atoms with Crippen molar-refractivity contribution in [2.75, 3.05) is 0 Å². The Balaban J connectivity index is 2.34. The third-order valence-corrected chi connectivity index (χ3v) is 2.23. The van der Waals surface area contributed by atoms with Crippen LogP contribution < -0.4 is 5.73 Å². The lowest BCUT2D eigenvalue weighted by molar-refractivity contribution is 0.354. The van der Waals surface area contributed by atoms with Crippen molar-refractivity contribution >= 4 is 0 Å². The average Bonchev–Trinajstić information content (AvgIpc) is 2.65. The van der Waals surface area contributed by atoms with Gasteiger partial charge in [0.15, 0.2) is 5.76 Å². The molecular weight excluding hydrogens is 159 g/mol. The number of oxazole rings is 1. The second-order valence-electron chi connectivity index (χ2n) is 3.32. The number of nitrogens with zero attached hydrogens (tertiary/aromatic N) is 1. The Labute approximate surface area is 69.8 Å². The Kier molecular flexibility index (Phi) is 1.48. The summed E-state index contributed by atoms with van der Waals surface area (Å²) in [7, 11) is 0. The van der Waals surface area contributed by atoms with Crippen molar-refractivity contribution in [1.29, 1.82) is 0 Å². The van der Waals surface area contributed by atoms with E-state index in [9.17, 15) is 4.39 Å². The van der Waals surface area contributed by atoms with Crippen LogP contribution in [-0.2, 0) is 12.2 Å². The lowest BCUT2D eigenvalue weighted by Crippen LogP contribution is -2.18. The molecule has 0 spiro atoms. The van der Waals surface area contributed by atoms with Crippen LogP contribution in [-0.4, -0.2) is 4.98 Å². The van der Waals surface area contributed by atoms with Crippen LogP contribution in [0.1, 0.15) is 30.2 Å². The molecule has 0 radical (unpaired) electrons. The summed E-state index contributed by atoms with van der Waals surface area (Å²) >= 11 is 0. The van der Waals surface area contributed by atoms with Crippen molar-refractivity contribution in [2.45, 2.75) is 32.0 Å². The van der Waals surface area contributed by atoms with E-state index in [1.807, 2.05) is 0 Å². The number of nitrogens with two attached hydrogens (primary N) is 1. The minimum absolute atomic E-state index is 0.307. The zero-order valence-corrected chi connectivity index (χ0v) is 6.93. The number of aryl methyl sites for hydroxylation is 1. The van der Waals surface area contributed by atoms with Gasteiger partial charge in [-0.25, -0.2) is 9.37 Å². The third-order valence-electron chi connectivity index (χ3n) is 2.23. The van der Waals surface area contributed by atoms with Crippen LogP contribution in [0.5, 0.6) is 0 Å². The van der Waals surface area contributed by atoms with Crippen molar-refractivity contribution in [1.82, 2.24) is 4.98 Å². The van der Waals surface area contributed by atoms with Gasteiger partial charge in [0, 0.05) is 0 Å². The maximum absolute atomic E-state index is 12.2. The molecule has 1 aromatic heterocycles. The molecule has 1 aromatic rings. The first-order valence-electron chi connectivity index (χ1n) is 3.97. The summed E-state index contributed by atoms with van der Waals surface area (Å²) in [4.78, 5) is 4.08. The van der Waals surface area contributed by atoms with E-state index >= 15 is 0 Å². The summed E-state index contributed by atoms with van der Waals surface area (Å²) in [6.45, 7) is 1.13. The van der Waals surface area contributed by atoms with E-state index in [2.05, 4.69) is 4.98 Å². The van der Waals surface area contributed by atoms with Gasteiger partial charge in [0.2, 0.25) is 5.89 Å². The zero-order chi connectivity index (χ0) is 8.77. The molecule has 12 heavy (non-hydrogen) atoms. The normalized spacial score (nSPS) is 19.6. The maximum atomic E-state index is 12.2. The Morgan fingerprint density at radius 1 is 1.67 bits per heavy atom. The summed E-state index contributed by atoms with van der Waals surface area (Å²) in [5.41, 5.74) is 6.05. The second-order valence-corrected chi connectivity index (χ2v) is 3.32. The Hall–Kier alpha value is -0.900. The fourth-order valence-electron chi connectivity index (χ4n) is 1.11. The molecule has 3 nitrogen and oxygen atoms in total. The van der Waals surface area contributed by atoms with Gasteiger partial charge >= 0.3 is 0 Å². The second kappa shape index (κ2) is 2.29. The zero-order valence-electron chi connectivity index (χ0n) is 6.93. The van der Waals surface area contributed by atoms with Crippen molar-refractivity contribution in [2.24, 2.45) is 5.73 Å². The number of hydrogen-bond acceptors (Lipinski definition) is 3. The van der Waals surface area contributed by atoms with Crippen molar-refractivity contribution in [3.63, 3.8) is 0 Å². The van der Waals surface area contributed by atoms with Crippen LogP contribution in [0.3, 0.4) is 0 Å². The molecule has 0 unspecified atom stereocenters. The molecule has 1 aliphatic rings. The van der Waals surface area contributed by atoms with Crippen LogP contribution in [0.4, 0.5) is 4.39 Å². The number of aromatic nitrogens is 1. The highest BCUT2D eigenvalue weighted by molar-refractivity contribution is 5.17. The van der Waals surface area contributed by atoms with Crippen LogP contribution in [0, 0.1) is 6.92 Å². The number of rotatable bonds is 2. The van der Waals surface area contributed by atoms with Gasteiger partial charge in [-0.3, -0.25) is 0 Å². The summed E-state index contributed by atoms with van der Waals surface area (Å²) in [5, 5.41) is 0. The van der Waals surface area contributed by atoms with Crippen LogP contribution in [0.2, 0.25) is 0 Å². The average molecular weight is 170 g/mol. The molecular formula is C8H11FN2O. The van der Waals surface area contributed by atoms with E-state index in [1.54, 1.807) is 6.92 Å². The van der Waals surface area contributed by atoms with Gasteiger partial charge < -0.3 is 10.2 Å². The predicted molar refractivity (Wildman–Crippen MR) is 41.2 cm³/mol. The standard InChI is InChI=1S/C8H11FN2O/c1-5-6(4-9)12-7(11-5)8(10)2-3-8/h2-4,10H2,1H3. The van der Waals surface area contributed by atoms with Gasteiger partial charge in [-0.1, -0.05) is 0 Å². The van der Waals surface area contributed by atoms with E-state index in [0.29, 0.717) is 17.3 Å². The van der Waals surface area contributed by atoms with Gasteiger partial charge in [-0.2, -0.15) is 0 Å². The molecule has 4 heteroatoms. The molecule has 2 N–H and O–H groups in total. The molecule has 2 rings (SSSR count). The monoisotopic (exact) mass is 170 g/mol. The lowest BCUT2D eigenvalue weighted by atomic mass is 10.3. The SMILES string of the molecule is Cc1nc(C2(N)CC2)oc1CF. The molecule has 0 amide bonds. The molecule has 66 valence electrons. The Morgan fingerprint density at radius 2 is 2.33 bits per heavy atom. The highest BCUT2D eigenvalue weighted by Crippen LogP contribution is 2.42. The van der Waals surface area contributed by atoms with Crippen molar-refractivity contribution < 1.29 is 8.81 Å². The largest absolute Gasteiger partial charge is 0.441 e. The van der Waals surface area contributed by atoms with E-state index in [1.165, 1.54) is 0 Å². The highest BCUT2D eigenvalue weighted by atomic mass is 19.1.